The molecule has 1 aromatic heterocycles. The lowest BCUT2D eigenvalue weighted by molar-refractivity contribution is 0.332. The van der Waals surface area contributed by atoms with E-state index in [2.05, 4.69) is 224 Å². The molecule has 2 aliphatic carbocycles. The van der Waals surface area contributed by atoms with Crippen LogP contribution in [0.15, 0.2) is 108 Å². The van der Waals surface area contributed by atoms with E-state index in [0.29, 0.717) is 0 Å². The molecule has 0 amide bonds. The van der Waals surface area contributed by atoms with Gasteiger partial charge in [0, 0.05) is 33.7 Å². The van der Waals surface area contributed by atoms with Gasteiger partial charge < -0.3 is 14.2 Å². The maximum atomic E-state index is 7.54. The van der Waals surface area contributed by atoms with Crippen molar-refractivity contribution in [1.82, 2.24) is 0 Å². The summed E-state index contributed by atoms with van der Waals surface area (Å²) >= 11 is 0. The number of furan rings is 1. The summed E-state index contributed by atoms with van der Waals surface area (Å²) in [5.41, 5.74) is 25.6. The molecule has 11 rings (SSSR count). The molecule has 6 aromatic carbocycles. The summed E-state index contributed by atoms with van der Waals surface area (Å²) in [7, 11) is 0. The predicted molar refractivity (Wildman–Crippen MR) is 293 cm³/mol. The van der Waals surface area contributed by atoms with Gasteiger partial charge >= 0.3 is 0 Å². The van der Waals surface area contributed by atoms with Crippen LogP contribution in [-0.4, -0.2) is 6.71 Å². The average molecular weight is 897 g/mol. The predicted octanol–water partition coefficient (Wildman–Crippen LogP) is 16.1. The van der Waals surface area contributed by atoms with Crippen molar-refractivity contribution in [3.05, 3.63) is 148 Å². The van der Waals surface area contributed by atoms with Crippen molar-refractivity contribution in [3.8, 4) is 11.1 Å². The minimum atomic E-state index is -0.131. The van der Waals surface area contributed by atoms with Crippen LogP contribution in [0.25, 0.3) is 22.1 Å². The monoisotopic (exact) mass is 897 g/mol. The van der Waals surface area contributed by atoms with Gasteiger partial charge in [0.25, 0.3) is 6.71 Å². The van der Waals surface area contributed by atoms with Crippen molar-refractivity contribution in [3.63, 3.8) is 0 Å². The molecular weight excluding hydrogens is 824 g/mol. The van der Waals surface area contributed by atoms with E-state index < -0.39 is 0 Å². The van der Waals surface area contributed by atoms with E-state index in [4.69, 9.17) is 4.42 Å². The largest absolute Gasteiger partial charge is 0.468 e. The normalized spacial score (nSPS) is 18.4. The molecule has 2 aliphatic heterocycles. The molecule has 3 nitrogen and oxygen atoms in total. The molecular formula is C64H73BN2O. The van der Waals surface area contributed by atoms with Gasteiger partial charge in [0.2, 0.25) is 0 Å². The molecule has 0 saturated heterocycles. The zero-order chi connectivity index (χ0) is 48.4. The lowest BCUT2D eigenvalue weighted by Crippen LogP contribution is -2.61. The Morgan fingerprint density at radius 3 is 1.69 bits per heavy atom. The lowest BCUT2D eigenvalue weighted by atomic mass is 9.35. The Bertz CT molecular complexity index is 3250. The number of anilines is 6. The number of benzene rings is 6. The molecule has 0 radical (unpaired) electrons. The number of nitrogens with zero attached hydrogens (tertiary/aromatic N) is 2. The fourth-order valence-corrected chi connectivity index (χ4v) is 12.7. The number of fused-ring (bicyclic) bond motifs is 8. The lowest BCUT2D eigenvalue weighted by Gasteiger charge is -2.46. The van der Waals surface area contributed by atoms with Gasteiger partial charge in [0.05, 0.1) is 17.0 Å². The molecule has 4 aliphatic rings. The molecule has 7 aromatic rings. The van der Waals surface area contributed by atoms with Crippen molar-refractivity contribution < 1.29 is 4.42 Å². The molecule has 0 saturated carbocycles. The minimum absolute atomic E-state index is 0.0216. The van der Waals surface area contributed by atoms with E-state index in [-0.39, 0.29) is 39.2 Å². The van der Waals surface area contributed by atoms with E-state index in [1.807, 2.05) is 0 Å². The quantitative estimate of drug-likeness (QED) is 0.165. The summed E-state index contributed by atoms with van der Waals surface area (Å²) in [5, 5.41) is 1.16. The molecule has 3 heterocycles. The highest BCUT2D eigenvalue weighted by Crippen LogP contribution is 2.55. The van der Waals surface area contributed by atoms with Crippen molar-refractivity contribution in [2.75, 3.05) is 9.80 Å². The van der Waals surface area contributed by atoms with Crippen molar-refractivity contribution in [2.24, 2.45) is 0 Å². The fraction of sp³-hybridized carbons (Fsp3) is 0.406. The number of aryl methyl sites for hydroxylation is 2. The van der Waals surface area contributed by atoms with Gasteiger partial charge in [-0.15, -0.1) is 0 Å². The zero-order valence-electron chi connectivity index (χ0n) is 44.0. The maximum Gasteiger partial charge on any atom is 0.297 e. The summed E-state index contributed by atoms with van der Waals surface area (Å²) in [6.45, 7) is 38.0. The van der Waals surface area contributed by atoms with E-state index in [1.54, 1.807) is 0 Å². The second-order valence-corrected chi connectivity index (χ2v) is 26.1. The van der Waals surface area contributed by atoms with Crippen LogP contribution >= 0.6 is 0 Å². The van der Waals surface area contributed by atoms with Gasteiger partial charge in [-0.25, -0.2) is 0 Å². The van der Waals surface area contributed by atoms with E-state index in [9.17, 15) is 0 Å². The third kappa shape index (κ3) is 6.73. The summed E-state index contributed by atoms with van der Waals surface area (Å²) in [6, 6.07) is 41.0. The second-order valence-electron chi connectivity index (χ2n) is 26.1. The number of hydrogen-bond donors (Lipinski definition) is 0. The molecule has 0 fully saturated rings. The van der Waals surface area contributed by atoms with Gasteiger partial charge in [-0.3, -0.25) is 0 Å². The third-order valence-corrected chi connectivity index (χ3v) is 17.3. The smallest absolute Gasteiger partial charge is 0.297 e. The van der Waals surface area contributed by atoms with Crippen LogP contribution in [0.2, 0.25) is 0 Å². The summed E-state index contributed by atoms with van der Waals surface area (Å²) in [4.78, 5) is 5.28. The summed E-state index contributed by atoms with van der Waals surface area (Å²) in [6.07, 6.45) is 4.66. The van der Waals surface area contributed by atoms with Crippen LogP contribution in [-0.2, 0) is 32.5 Å². The molecule has 0 N–H and O–H groups in total. The van der Waals surface area contributed by atoms with Gasteiger partial charge in [0.1, 0.15) is 5.58 Å². The van der Waals surface area contributed by atoms with Gasteiger partial charge in [-0.05, 0) is 188 Å². The van der Waals surface area contributed by atoms with E-state index >= 15 is 0 Å². The Kier molecular flexibility index (Phi) is 9.62. The molecule has 0 unspecified atom stereocenters. The topological polar surface area (TPSA) is 19.6 Å². The first-order valence-electron chi connectivity index (χ1n) is 25.6. The molecule has 68 heavy (non-hydrogen) atoms. The Morgan fingerprint density at radius 1 is 0.500 bits per heavy atom. The fourth-order valence-electron chi connectivity index (χ4n) is 12.7. The number of rotatable bonds is 3. The molecule has 4 heteroatoms. The second kappa shape index (κ2) is 14.5. The highest BCUT2D eigenvalue weighted by molar-refractivity contribution is 7.00. The summed E-state index contributed by atoms with van der Waals surface area (Å²) < 4.78 is 7.54. The van der Waals surface area contributed by atoms with Crippen LogP contribution in [0.4, 0.5) is 34.1 Å². The highest BCUT2D eigenvalue weighted by Gasteiger charge is 2.49. The van der Waals surface area contributed by atoms with Crippen LogP contribution in [0.1, 0.15) is 167 Å². The Balaban J connectivity index is 1.28. The van der Waals surface area contributed by atoms with Crippen LogP contribution in [0.3, 0.4) is 0 Å². The first-order chi connectivity index (χ1) is 31.8. The zero-order valence-corrected chi connectivity index (χ0v) is 44.0. The van der Waals surface area contributed by atoms with E-state index in [1.165, 1.54) is 114 Å². The Labute approximate surface area is 408 Å². The highest BCUT2D eigenvalue weighted by atomic mass is 16.3. The SMILES string of the molecule is Cc1cc2c3c(c1)N(c1ccc4c(c1)C(C)(C)CCC4(C)C)c1c(oc4cc(C(C)(C)C)ccc14)B3c1cc(C(C)(C)C)ccc1N2c1cc2c(cc1-c1ccccc1C)C(C)(C)CCC2(C)C. The molecule has 0 spiro atoms. The first kappa shape index (κ1) is 45.0. The van der Waals surface area contributed by atoms with E-state index in [0.717, 1.165) is 29.5 Å². The maximum absolute atomic E-state index is 7.54. The van der Waals surface area contributed by atoms with Crippen LogP contribution in [0, 0.1) is 13.8 Å². The van der Waals surface area contributed by atoms with Gasteiger partial charge in [0.15, 0.2) is 0 Å². The number of hydrogen-bond acceptors (Lipinski definition) is 3. The van der Waals surface area contributed by atoms with Crippen molar-refractivity contribution >= 4 is 68.4 Å². The van der Waals surface area contributed by atoms with Crippen LogP contribution in [0.5, 0.6) is 0 Å². The van der Waals surface area contributed by atoms with Crippen molar-refractivity contribution in [1.29, 1.82) is 0 Å². The van der Waals surface area contributed by atoms with Crippen LogP contribution < -0.4 is 26.4 Å². The Hall–Kier alpha value is -5.48. The van der Waals surface area contributed by atoms with Crippen molar-refractivity contribution in [2.45, 2.75) is 169 Å². The molecule has 0 atom stereocenters. The Morgan fingerprint density at radius 2 is 1.06 bits per heavy atom. The minimum Gasteiger partial charge on any atom is -0.468 e. The van der Waals surface area contributed by atoms with Gasteiger partial charge in [-0.1, -0.05) is 145 Å². The summed E-state index contributed by atoms with van der Waals surface area (Å²) in [5.74, 6) is 0. The molecule has 348 valence electrons. The third-order valence-electron chi connectivity index (χ3n) is 17.3. The standard InChI is InChI=1S/C64H73BN2O/c1-38-31-53-56-54(32-38)67(52-37-49-48(63(13,14)29-30-64(49,15)16)36-45(52)43-20-18-17-19-39(43)2)51-26-22-40(59(3,4)5)33-50(51)65(56)58-57(44-24-21-41(60(6,7)8)34-55(44)68-58)66(53)42-23-25-46-47(35-42)62(11,12)28-27-61(46,9)10/h17-26,31-37H,27-30H2,1-16H3. The average Bonchev–Trinajstić information content (AvgIpc) is 3.64. The molecule has 0 bridgehead atoms. The van der Waals surface area contributed by atoms with Gasteiger partial charge in [-0.2, -0.15) is 0 Å². The first-order valence-corrected chi connectivity index (χ1v) is 25.6.